The highest BCUT2D eigenvalue weighted by Crippen LogP contribution is 2.19. The Labute approximate surface area is 116 Å². The van der Waals surface area contributed by atoms with Crippen LogP contribution in [0.4, 0.5) is 11.6 Å². The molecule has 2 rings (SSSR count). The van der Waals surface area contributed by atoms with Gasteiger partial charge in [0.25, 0.3) is 5.91 Å². The second kappa shape index (κ2) is 6.15. The standard InChI is InChI=1S/C13H13ClN4O/c1-2-15-11-9(5-3-7-16-11)13(19)18-12-10(14)6-4-8-17-12/h3-8H,2H2,1H3,(H,15,16)(H,17,18,19). The smallest absolute Gasteiger partial charge is 0.260 e. The van der Waals surface area contributed by atoms with Gasteiger partial charge < -0.3 is 10.6 Å². The van der Waals surface area contributed by atoms with Gasteiger partial charge in [0.1, 0.15) is 5.82 Å². The van der Waals surface area contributed by atoms with Crippen LogP contribution in [0.2, 0.25) is 5.02 Å². The molecule has 0 aliphatic heterocycles. The average molecular weight is 277 g/mol. The van der Waals surface area contributed by atoms with Gasteiger partial charge in [0.2, 0.25) is 0 Å². The molecule has 0 aliphatic carbocycles. The minimum absolute atomic E-state index is 0.301. The number of hydrogen-bond acceptors (Lipinski definition) is 4. The third-order valence-electron chi connectivity index (χ3n) is 2.39. The number of rotatable bonds is 4. The van der Waals surface area contributed by atoms with Gasteiger partial charge in [0, 0.05) is 18.9 Å². The number of carbonyl (C=O) groups is 1. The zero-order valence-electron chi connectivity index (χ0n) is 10.4. The lowest BCUT2D eigenvalue weighted by atomic mass is 10.2. The molecule has 19 heavy (non-hydrogen) atoms. The summed E-state index contributed by atoms with van der Waals surface area (Å²) in [6, 6.07) is 6.76. The number of nitrogens with one attached hydrogen (secondary N) is 2. The SMILES string of the molecule is CCNc1ncccc1C(=O)Nc1ncccc1Cl. The molecule has 0 fully saturated rings. The fourth-order valence-electron chi connectivity index (χ4n) is 1.55. The van der Waals surface area contributed by atoms with E-state index in [1.54, 1.807) is 36.7 Å². The normalized spacial score (nSPS) is 10.0. The first-order valence-corrected chi connectivity index (χ1v) is 6.21. The van der Waals surface area contributed by atoms with E-state index in [1.807, 2.05) is 6.92 Å². The molecule has 0 saturated heterocycles. The van der Waals surface area contributed by atoms with E-state index < -0.39 is 0 Å². The molecule has 0 aliphatic rings. The predicted octanol–water partition coefficient (Wildman–Crippen LogP) is 2.81. The molecule has 0 spiro atoms. The van der Waals surface area contributed by atoms with Gasteiger partial charge in [-0.2, -0.15) is 0 Å². The number of carbonyl (C=O) groups excluding carboxylic acids is 1. The largest absolute Gasteiger partial charge is 0.370 e. The first-order valence-electron chi connectivity index (χ1n) is 5.83. The highest BCUT2D eigenvalue weighted by atomic mass is 35.5. The zero-order chi connectivity index (χ0) is 13.7. The second-order valence-corrected chi connectivity index (χ2v) is 4.13. The Morgan fingerprint density at radius 1 is 1.21 bits per heavy atom. The zero-order valence-corrected chi connectivity index (χ0v) is 11.1. The van der Waals surface area contributed by atoms with Crippen LogP contribution in [0.5, 0.6) is 0 Å². The number of hydrogen-bond donors (Lipinski definition) is 2. The Hall–Kier alpha value is -2.14. The molecule has 0 aromatic carbocycles. The van der Waals surface area contributed by atoms with E-state index in [9.17, 15) is 4.79 Å². The lowest BCUT2D eigenvalue weighted by Crippen LogP contribution is -2.16. The molecule has 6 heteroatoms. The lowest BCUT2D eigenvalue weighted by Gasteiger charge is -2.10. The summed E-state index contributed by atoms with van der Waals surface area (Å²) >= 11 is 5.95. The molecule has 0 bridgehead atoms. The molecule has 98 valence electrons. The van der Waals surface area contributed by atoms with Crippen molar-refractivity contribution in [3.63, 3.8) is 0 Å². The Bertz CT molecular complexity index is 588. The maximum absolute atomic E-state index is 12.2. The van der Waals surface area contributed by atoms with Gasteiger partial charge in [-0.25, -0.2) is 9.97 Å². The van der Waals surface area contributed by atoms with Crippen molar-refractivity contribution in [3.05, 3.63) is 47.2 Å². The number of amides is 1. The summed E-state index contributed by atoms with van der Waals surface area (Å²) in [4.78, 5) is 20.3. The van der Waals surface area contributed by atoms with Gasteiger partial charge in [0.05, 0.1) is 10.6 Å². The van der Waals surface area contributed by atoms with E-state index in [0.717, 1.165) is 0 Å². The Morgan fingerprint density at radius 3 is 2.58 bits per heavy atom. The van der Waals surface area contributed by atoms with Gasteiger partial charge >= 0.3 is 0 Å². The van der Waals surface area contributed by atoms with Crippen LogP contribution >= 0.6 is 11.6 Å². The van der Waals surface area contributed by atoms with Crippen LogP contribution in [0.3, 0.4) is 0 Å². The van der Waals surface area contributed by atoms with Gasteiger partial charge in [-0.1, -0.05) is 11.6 Å². The van der Waals surface area contributed by atoms with Crippen LogP contribution in [-0.2, 0) is 0 Å². The van der Waals surface area contributed by atoms with Gasteiger partial charge in [-0.05, 0) is 31.2 Å². The van der Waals surface area contributed by atoms with E-state index in [0.29, 0.717) is 28.8 Å². The maximum Gasteiger partial charge on any atom is 0.260 e. The van der Waals surface area contributed by atoms with Crippen LogP contribution in [0.1, 0.15) is 17.3 Å². The molecule has 2 aromatic heterocycles. The highest BCUT2D eigenvalue weighted by Gasteiger charge is 2.13. The molecule has 1 amide bonds. The summed E-state index contributed by atoms with van der Waals surface area (Å²) in [5.41, 5.74) is 0.450. The number of pyridine rings is 2. The van der Waals surface area contributed by atoms with Crippen molar-refractivity contribution in [2.24, 2.45) is 0 Å². The molecule has 5 nitrogen and oxygen atoms in total. The van der Waals surface area contributed by atoms with Gasteiger partial charge in [0.15, 0.2) is 5.82 Å². The van der Waals surface area contributed by atoms with Crippen molar-refractivity contribution < 1.29 is 4.79 Å². The summed E-state index contributed by atoms with van der Waals surface area (Å²) < 4.78 is 0. The minimum atomic E-state index is -0.301. The average Bonchev–Trinajstić information content (AvgIpc) is 2.42. The Morgan fingerprint density at radius 2 is 1.89 bits per heavy atom. The topological polar surface area (TPSA) is 66.9 Å². The van der Waals surface area contributed by atoms with Crippen molar-refractivity contribution >= 4 is 29.1 Å². The summed E-state index contributed by atoms with van der Waals surface area (Å²) in [5, 5.41) is 6.09. The van der Waals surface area contributed by atoms with Crippen LogP contribution < -0.4 is 10.6 Å². The van der Waals surface area contributed by atoms with Crippen LogP contribution in [0.15, 0.2) is 36.7 Å². The van der Waals surface area contributed by atoms with Crippen molar-refractivity contribution in [3.8, 4) is 0 Å². The molecule has 0 radical (unpaired) electrons. The molecular formula is C13H13ClN4O. The highest BCUT2D eigenvalue weighted by molar-refractivity contribution is 6.33. The first kappa shape index (κ1) is 13.3. The third-order valence-corrected chi connectivity index (χ3v) is 2.69. The fraction of sp³-hybridized carbons (Fsp3) is 0.154. The lowest BCUT2D eigenvalue weighted by molar-refractivity contribution is 0.102. The van der Waals surface area contributed by atoms with Gasteiger partial charge in [-0.3, -0.25) is 4.79 Å². The second-order valence-electron chi connectivity index (χ2n) is 3.72. The molecular weight excluding hydrogens is 264 g/mol. The van der Waals surface area contributed by atoms with Gasteiger partial charge in [-0.15, -0.1) is 0 Å². The van der Waals surface area contributed by atoms with Crippen LogP contribution in [0, 0.1) is 0 Å². The Balaban J connectivity index is 2.23. The van der Waals surface area contributed by atoms with E-state index >= 15 is 0 Å². The molecule has 2 heterocycles. The number of aromatic nitrogens is 2. The predicted molar refractivity (Wildman–Crippen MR) is 75.6 cm³/mol. The van der Waals surface area contributed by atoms with Crippen LogP contribution in [-0.4, -0.2) is 22.4 Å². The molecule has 2 aromatic rings. The van der Waals surface area contributed by atoms with E-state index in [2.05, 4.69) is 20.6 Å². The van der Waals surface area contributed by atoms with Crippen molar-refractivity contribution in [2.45, 2.75) is 6.92 Å². The quantitative estimate of drug-likeness (QED) is 0.901. The summed E-state index contributed by atoms with van der Waals surface area (Å²) in [5.74, 6) is 0.569. The third kappa shape index (κ3) is 3.20. The molecule has 0 saturated carbocycles. The van der Waals surface area contributed by atoms with E-state index in [1.165, 1.54) is 0 Å². The summed E-state index contributed by atoms with van der Waals surface area (Å²) in [6.07, 6.45) is 3.19. The van der Waals surface area contributed by atoms with E-state index in [-0.39, 0.29) is 5.91 Å². The molecule has 0 atom stereocenters. The summed E-state index contributed by atoms with van der Waals surface area (Å²) in [6.45, 7) is 2.62. The number of halogens is 1. The van der Waals surface area contributed by atoms with Crippen LogP contribution in [0.25, 0.3) is 0 Å². The summed E-state index contributed by atoms with van der Waals surface area (Å²) in [7, 11) is 0. The van der Waals surface area contributed by atoms with Crippen molar-refractivity contribution in [1.82, 2.24) is 9.97 Å². The molecule has 0 unspecified atom stereocenters. The van der Waals surface area contributed by atoms with Crippen molar-refractivity contribution in [1.29, 1.82) is 0 Å². The maximum atomic E-state index is 12.2. The minimum Gasteiger partial charge on any atom is -0.370 e. The number of anilines is 2. The first-order chi connectivity index (χ1) is 9.22. The molecule has 2 N–H and O–H groups in total. The fourth-order valence-corrected chi connectivity index (χ4v) is 1.72. The number of nitrogens with zero attached hydrogens (tertiary/aromatic N) is 2. The van der Waals surface area contributed by atoms with Crippen molar-refractivity contribution in [2.75, 3.05) is 17.2 Å². The monoisotopic (exact) mass is 276 g/mol. The van der Waals surface area contributed by atoms with E-state index in [4.69, 9.17) is 11.6 Å². The Kier molecular flexibility index (Phi) is 4.30.